The molecule has 0 aliphatic carbocycles. The van der Waals surface area contributed by atoms with Gasteiger partial charge in [-0.15, -0.1) is 0 Å². The number of pyridine rings is 1. The van der Waals surface area contributed by atoms with Gasteiger partial charge in [-0.05, 0) is 35.3 Å². The van der Waals surface area contributed by atoms with Gasteiger partial charge in [0, 0.05) is 38.4 Å². The van der Waals surface area contributed by atoms with E-state index in [0.717, 1.165) is 4.47 Å². The van der Waals surface area contributed by atoms with E-state index in [1.807, 2.05) is 19.0 Å². The predicted molar refractivity (Wildman–Crippen MR) is 79.5 cm³/mol. The number of aliphatic hydroxyl groups is 1. The molecule has 5 nitrogen and oxygen atoms in total. The van der Waals surface area contributed by atoms with E-state index in [2.05, 4.69) is 20.9 Å². The van der Waals surface area contributed by atoms with Gasteiger partial charge in [-0.1, -0.05) is 0 Å². The topological polar surface area (TPSA) is 56.7 Å². The zero-order chi connectivity index (χ0) is 14.6. The molecule has 1 rings (SSSR count). The maximum Gasteiger partial charge on any atom is 0.257 e. The number of halogens is 1. The molecule has 0 saturated heterocycles. The number of anilines is 1. The van der Waals surface area contributed by atoms with Crippen LogP contribution in [0.25, 0.3) is 0 Å². The molecule has 1 heterocycles. The van der Waals surface area contributed by atoms with Gasteiger partial charge in [0.25, 0.3) is 5.91 Å². The fraction of sp³-hybridized carbons (Fsp3) is 0.538. The second-order valence-electron chi connectivity index (χ2n) is 4.78. The first-order valence-electron chi connectivity index (χ1n) is 6.09. The summed E-state index contributed by atoms with van der Waals surface area (Å²) in [4.78, 5) is 20.1. The number of nitrogens with zero attached hydrogens (tertiary/aromatic N) is 3. The Morgan fingerprint density at radius 3 is 2.63 bits per heavy atom. The number of hydrogen-bond donors (Lipinski definition) is 1. The third kappa shape index (κ3) is 4.47. The van der Waals surface area contributed by atoms with E-state index in [0.29, 0.717) is 24.3 Å². The van der Waals surface area contributed by atoms with E-state index in [1.165, 1.54) is 0 Å². The van der Waals surface area contributed by atoms with Crippen LogP contribution in [-0.2, 0) is 0 Å². The van der Waals surface area contributed by atoms with Crippen molar-refractivity contribution in [3.05, 3.63) is 22.3 Å². The fourth-order valence-corrected chi connectivity index (χ4v) is 1.96. The average molecular weight is 330 g/mol. The Labute approximate surface area is 122 Å². The van der Waals surface area contributed by atoms with Crippen molar-refractivity contribution in [2.24, 2.45) is 0 Å². The lowest BCUT2D eigenvalue weighted by Crippen LogP contribution is -2.31. The van der Waals surface area contributed by atoms with E-state index in [4.69, 9.17) is 0 Å². The fourth-order valence-electron chi connectivity index (χ4n) is 1.63. The van der Waals surface area contributed by atoms with Crippen LogP contribution < -0.4 is 4.90 Å². The summed E-state index contributed by atoms with van der Waals surface area (Å²) in [5.74, 6) is 0.537. The molecule has 0 aliphatic rings. The Morgan fingerprint density at radius 2 is 2.11 bits per heavy atom. The first-order valence-corrected chi connectivity index (χ1v) is 6.88. The summed E-state index contributed by atoms with van der Waals surface area (Å²) in [6, 6.07) is 1.77. The highest BCUT2D eigenvalue weighted by molar-refractivity contribution is 9.10. The van der Waals surface area contributed by atoms with Gasteiger partial charge in [0.05, 0.1) is 11.7 Å². The minimum atomic E-state index is -0.413. The Balaban J connectivity index is 2.94. The monoisotopic (exact) mass is 329 g/mol. The Hall–Kier alpha value is -1.14. The van der Waals surface area contributed by atoms with Crippen LogP contribution in [0.3, 0.4) is 0 Å². The second kappa shape index (κ2) is 6.86. The van der Waals surface area contributed by atoms with Gasteiger partial charge in [-0.2, -0.15) is 0 Å². The molecule has 1 N–H and O–H groups in total. The van der Waals surface area contributed by atoms with Crippen LogP contribution in [0.15, 0.2) is 16.7 Å². The number of amides is 1. The highest BCUT2D eigenvalue weighted by Gasteiger charge is 2.18. The molecule has 1 atom stereocenters. The summed E-state index contributed by atoms with van der Waals surface area (Å²) in [5, 5.41) is 9.27. The largest absolute Gasteiger partial charge is 0.393 e. The highest BCUT2D eigenvalue weighted by atomic mass is 79.9. The Kier molecular flexibility index (Phi) is 5.75. The number of hydrogen-bond acceptors (Lipinski definition) is 4. The number of rotatable bonds is 5. The van der Waals surface area contributed by atoms with Crippen molar-refractivity contribution >= 4 is 27.7 Å². The molecule has 1 aromatic heterocycles. The molecule has 0 radical (unpaired) electrons. The smallest absolute Gasteiger partial charge is 0.257 e. The van der Waals surface area contributed by atoms with Crippen LogP contribution in [0, 0.1) is 0 Å². The number of aliphatic hydroxyl groups excluding tert-OH is 1. The first-order chi connectivity index (χ1) is 8.82. The van der Waals surface area contributed by atoms with Crippen molar-refractivity contribution < 1.29 is 9.90 Å². The summed E-state index contributed by atoms with van der Waals surface area (Å²) >= 11 is 3.33. The zero-order valence-corrected chi connectivity index (χ0v) is 13.3. The maximum atomic E-state index is 12.4. The quantitative estimate of drug-likeness (QED) is 0.894. The summed E-state index contributed by atoms with van der Waals surface area (Å²) in [6.45, 7) is 2.22. The molecule has 0 aliphatic heterocycles. The van der Waals surface area contributed by atoms with E-state index in [9.17, 15) is 9.90 Å². The third-order valence-electron chi connectivity index (χ3n) is 2.72. The van der Waals surface area contributed by atoms with Gasteiger partial charge < -0.3 is 14.9 Å². The van der Waals surface area contributed by atoms with E-state index < -0.39 is 6.10 Å². The lowest BCUT2D eigenvalue weighted by Gasteiger charge is -2.21. The van der Waals surface area contributed by atoms with Crippen LogP contribution in [0.4, 0.5) is 5.82 Å². The van der Waals surface area contributed by atoms with E-state index >= 15 is 0 Å². The zero-order valence-electron chi connectivity index (χ0n) is 11.7. The van der Waals surface area contributed by atoms with Gasteiger partial charge in [0.1, 0.15) is 5.82 Å². The molecule has 0 saturated carbocycles. The van der Waals surface area contributed by atoms with E-state index in [1.54, 1.807) is 31.1 Å². The SMILES string of the molecule is CC(O)CCN(C)C(=O)c1cc(Br)cnc1N(C)C. The minimum absolute atomic E-state index is 0.0989. The van der Waals surface area contributed by atoms with Gasteiger partial charge in [0.2, 0.25) is 0 Å². The van der Waals surface area contributed by atoms with Gasteiger partial charge in [-0.3, -0.25) is 4.79 Å². The summed E-state index contributed by atoms with van der Waals surface area (Å²) in [5.41, 5.74) is 0.549. The summed E-state index contributed by atoms with van der Waals surface area (Å²) in [6.07, 6.45) is 1.81. The number of aromatic nitrogens is 1. The lowest BCUT2D eigenvalue weighted by molar-refractivity contribution is 0.0769. The second-order valence-corrected chi connectivity index (χ2v) is 5.70. The highest BCUT2D eigenvalue weighted by Crippen LogP contribution is 2.21. The van der Waals surface area contributed by atoms with Crippen LogP contribution in [0.1, 0.15) is 23.7 Å². The maximum absolute atomic E-state index is 12.4. The molecule has 0 spiro atoms. The van der Waals surface area contributed by atoms with Gasteiger partial charge in [-0.25, -0.2) is 4.98 Å². The van der Waals surface area contributed by atoms with Crippen molar-refractivity contribution in [3.63, 3.8) is 0 Å². The predicted octanol–water partition coefficient (Wildman–Crippen LogP) is 1.75. The van der Waals surface area contributed by atoms with Crippen LogP contribution in [0.2, 0.25) is 0 Å². The van der Waals surface area contributed by atoms with Crippen molar-refractivity contribution in [2.45, 2.75) is 19.4 Å². The standard InChI is InChI=1S/C13H20BrN3O2/c1-9(18)5-6-17(4)13(19)11-7-10(14)8-15-12(11)16(2)3/h7-9,18H,5-6H2,1-4H3. The van der Waals surface area contributed by atoms with Crippen molar-refractivity contribution in [1.82, 2.24) is 9.88 Å². The first kappa shape index (κ1) is 15.9. The molecule has 106 valence electrons. The summed E-state index contributed by atoms with van der Waals surface area (Å²) < 4.78 is 0.769. The average Bonchev–Trinajstić information content (AvgIpc) is 2.34. The molecular formula is C13H20BrN3O2. The molecule has 1 unspecified atom stereocenters. The molecular weight excluding hydrogens is 310 g/mol. The van der Waals surface area contributed by atoms with Crippen molar-refractivity contribution in [2.75, 3.05) is 32.6 Å². The van der Waals surface area contributed by atoms with Crippen LogP contribution in [0.5, 0.6) is 0 Å². The van der Waals surface area contributed by atoms with Crippen LogP contribution >= 0.6 is 15.9 Å². The van der Waals surface area contributed by atoms with Crippen molar-refractivity contribution in [1.29, 1.82) is 0 Å². The lowest BCUT2D eigenvalue weighted by atomic mass is 10.2. The Morgan fingerprint density at radius 1 is 1.47 bits per heavy atom. The molecule has 0 bridgehead atoms. The molecule has 0 fully saturated rings. The summed E-state index contributed by atoms with van der Waals surface area (Å²) in [7, 11) is 5.43. The van der Waals surface area contributed by atoms with Crippen LogP contribution in [-0.4, -0.2) is 54.7 Å². The third-order valence-corrected chi connectivity index (χ3v) is 3.15. The van der Waals surface area contributed by atoms with Gasteiger partial charge >= 0.3 is 0 Å². The number of carbonyl (C=O) groups is 1. The molecule has 6 heteroatoms. The minimum Gasteiger partial charge on any atom is -0.393 e. The van der Waals surface area contributed by atoms with Crippen molar-refractivity contribution in [3.8, 4) is 0 Å². The molecule has 19 heavy (non-hydrogen) atoms. The molecule has 0 aromatic carbocycles. The molecule has 1 aromatic rings. The Bertz CT molecular complexity index is 450. The molecule has 1 amide bonds. The normalized spacial score (nSPS) is 12.1. The van der Waals surface area contributed by atoms with Gasteiger partial charge in [0.15, 0.2) is 0 Å². The van der Waals surface area contributed by atoms with E-state index in [-0.39, 0.29) is 5.91 Å². The number of carbonyl (C=O) groups excluding carboxylic acids is 1.